The highest BCUT2D eigenvalue weighted by Crippen LogP contribution is 2.29. The van der Waals surface area contributed by atoms with Gasteiger partial charge in [0.2, 0.25) is 0 Å². The molecule has 1 aliphatic heterocycles. The fraction of sp³-hybridized carbons (Fsp3) is 0.545. The van der Waals surface area contributed by atoms with E-state index < -0.39 is 0 Å². The number of hydrogen-bond acceptors (Lipinski definition) is 2. The molecule has 0 saturated heterocycles. The van der Waals surface area contributed by atoms with Gasteiger partial charge in [0.25, 0.3) is 11.8 Å². The lowest BCUT2D eigenvalue weighted by molar-refractivity contribution is -0.134. The molecule has 1 aromatic carbocycles. The molecule has 0 spiro atoms. The van der Waals surface area contributed by atoms with Crippen LogP contribution in [0.15, 0.2) is 42.0 Å². The summed E-state index contributed by atoms with van der Waals surface area (Å²) in [5.74, 6) is -0.108. The van der Waals surface area contributed by atoms with Crippen LogP contribution in [0.1, 0.15) is 58.4 Å². The molecule has 1 aliphatic rings. The summed E-state index contributed by atoms with van der Waals surface area (Å²) in [4.78, 5) is 27.7. The highest BCUT2D eigenvalue weighted by Gasteiger charge is 2.37. The van der Waals surface area contributed by atoms with Crippen LogP contribution in [0.25, 0.3) is 0 Å². The largest absolute Gasteiger partial charge is 0.348 e. The Morgan fingerprint density at radius 1 is 1.12 bits per heavy atom. The molecule has 0 aliphatic carbocycles. The molecule has 2 unspecified atom stereocenters. The summed E-state index contributed by atoms with van der Waals surface area (Å²) < 4.78 is 0. The third-order valence-electron chi connectivity index (χ3n) is 5.12. The summed E-state index contributed by atoms with van der Waals surface area (Å²) in [6.07, 6.45) is 6.91. The van der Waals surface area contributed by atoms with E-state index in [1.165, 1.54) is 0 Å². The van der Waals surface area contributed by atoms with Crippen LogP contribution in [0, 0.1) is 5.92 Å². The minimum absolute atomic E-state index is 0.104. The topological polar surface area (TPSA) is 49.4 Å². The molecule has 26 heavy (non-hydrogen) atoms. The molecule has 0 saturated carbocycles. The van der Waals surface area contributed by atoms with Gasteiger partial charge >= 0.3 is 0 Å². The van der Waals surface area contributed by atoms with Crippen LogP contribution in [0.2, 0.25) is 0 Å². The van der Waals surface area contributed by atoms with E-state index in [1.54, 1.807) is 0 Å². The molecular weight excluding hydrogens is 324 g/mol. The van der Waals surface area contributed by atoms with E-state index in [1.807, 2.05) is 41.3 Å². The monoisotopic (exact) mass is 356 g/mol. The second-order valence-electron chi connectivity index (χ2n) is 7.03. The van der Waals surface area contributed by atoms with Gasteiger partial charge in [0.05, 0.1) is 0 Å². The fourth-order valence-corrected chi connectivity index (χ4v) is 3.63. The van der Waals surface area contributed by atoms with E-state index in [0.29, 0.717) is 12.1 Å². The molecule has 4 heteroatoms. The molecule has 2 amide bonds. The molecule has 1 heterocycles. The van der Waals surface area contributed by atoms with E-state index >= 15 is 0 Å². The predicted octanol–water partition coefficient (Wildman–Crippen LogP) is 4.07. The molecule has 1 N–H and O–H groups in total. The Morgan fingerprint density at radius 3 is 2.46 bits per heavy atom. The van der Waals surface area contributed by atoms with Crippen molar-refractivity contribution in [1.82, 2.24) is 10.2 Å². The highest BCUT2D eigenvalue weighted by atomic mass is 16.2. The van der Waals surface area contributed by atoms with Crippen molar-refractivity contribution in [3.63, 3.8) is 0 Å². The second kappa shape index (κ2) is 10.1. The normalized spacial score (nSPS) is 20.0. The van der Waals surface area contributed by atoms with Gasteiger partial charge in [-0.3, -0.25) is 9.59 Å². The van der Waals surface area contributed by atoms with Crippen molar-refractivity contribution in [2.75, 3.05) is 6.54 Å². The maximum absolute atomic E-state index is 13.0. The number of benzene rings is 1. The third-order valence-corrected chi connectivity index (χ3v) is 5.12. The average molecular weight is 357 g/mol. The number of unbranched alkanes of at least 4 members (excludes halogenated alkanes) is 1. The summed E-state index contributed by atoms with van der Waals surface area (Å²) in [6.45, 7) is 7.59. The van der Waals surface area contributed by atoms with Crippen LogP contribution in [-0.4, -0.2) is 29.3 Å². The molecule has 0 radical (unpaired) electrons. The molecule has 0 bridgehead atoms. The van der Waals surface area contributed by atoms with Crippen LogP contribution < -0.4 is 5.32 Å². The molecule has 2 atom stereocenters. The molecule has 0 fully saturated rings. The van der Waals surface area contributed by atoms with E-state index in [-0.39, 0.29) is 23.8 Å². The average Bonchev–Trinajstić information content (AvgIpc) is 2.67. The Kier molecular flexibility index (Phi) is 7.89. The van der Waals surface area contributed by atoms with Gasteiger partial charge in [0, 0.05) is 19.1 Å². The van der Waals surface area contributed by atoms with Gasteiger partial charge in [-0.05, 0) is 30.7 Å². The van der Waals surface area contributed by atoms with Crippen LogP contribution in [-0.2, 0) is 16.1 Å². The van der Waals surface area contributed by atoms with Gasteiger partial charge in [-0.25, -0.2) is 0 Å². The van der Waals surface area contributed by atoms with Crippen LogP contribution in [0.5, 0.6) is 0 Å². The fourth-order valence-electron chi connectivity index (χ4n) is 3.63. The minimum atomic E-state index is -0.256. The van der Waals surface area contributed by atoms with Gasteiger partial charge in [-0.1, -0.05) is 70.0 Å². The zero-order valence-electron chi connectivity index (χ0n) is 16.3. The lowest BCUT2D eigenvalue weighted by Gasteiger charge is -2.40. The number of hydrogen-bond donors (Lipinski definition) is 1. The summed E-state index contributed by atoms with van der Waals surface area (Å²) in [5, 5.41) is 2.91. The Hall–Kier alpha value is -2.10. The number of carbonyl (C=O) groups excluding carboxylic acids is 2. The van der Waals surface area contributed by atoms with Crippen molar-refractivity contribution in [2.45, 2.75) is 65.5 Å². The van der Waals surface area contributed by atoms with Crippen LogP contribution in [0.3, 0.4) is 0 Å². The maximum atomic E-state index is 13.0. The molecule has 4 nitrogen and oxygen atoms in total. The predicted molar refractivity (Wildman–Crippen MR) is 105 cm³/mol. The van der Waals surface area contributed by atoms with Crippen molar-refractivity contribution in [1.29, 1.82) is 0 Å². The molecule has 142 valence electrons. The Morgan fingerprint density at radius 2 is 1.85 bits per heavy atom. The number of amides is 2. The van der Waals surface area contributed by atoms with Crippen molar-refractivity contribution in [3.05, 3.63) is 47.5 Å². The standard InChI is InChI=1S/C22H32N2O2/c1-4-7-14-24-20(11-5-2)18(6-3)15-19(22(24)26)21(25)23-16-17-12-9-8-10-13-17/h8-10,12-13,15,18,20H,4-7,11,14,16H2,1-3H3,(H,23,25). The molecular formula is C22H32N2O2. The Balaban J connectivity index is 2.16. The van der Waals surface area contributed by atoms with E-state index in [0.717, 1.165) is 44.2 Å². The van der Waals surface area contributed by atoms with Gasteiger partial charge in [-0.2, -0.15) is 0 Å². The van der Waals surface area contributed by atoms with Crippen molar-refractivity contribution in [3.8, 4) is 0 Å². The summed E-state index contributed by atoms with van der Waals surface area (Å²) >= 11 is 0. The lowest BCUT2D eigenvalue weighted by Crippen LogP contribution is -2.50. The van der Waals surface area contributed by atoms with Crippen LogP contribution >= 0.6 is 0 Å². The second-order valence-corrected chi connectivity index (χ2v) is 7.03. The van der Waals surface area contributed by atoms with Gasteiger partial charge < -0.3 is 10.2 Å². The van der Waals surface area contributed by atoms with Crippen molar-refractivity contribution in [2.24, 2.45) is 5.92 Å². The van der Waals surface area contributed by atoms with Gasteiger partial charge in [0.1, 0.15) is 5.57 Å². The van der Waals surface area contributed by atoms with Crippen molar-refractivity contribution < 1.29 is 9.59 Å². The van der Waals surface area contributed by atoms with Crippen molar-refractivity contribution >= 4 is 11.8 Å². The number of rotatable bonds is 9. The zero-order chi connectivity index (χ0) is 18.9. The first kappa shape index (κ1) is 20.2. The highest BCUT2D eigenvalue weighted by molar-refractivity contribution is 6.18. The Bertz CT molecular complexity index is 624. The van der Waals surface area contributed by atoms with Gasteiger partial charge in [0.15, 0.2) is 0 Å². The van der Waals surface area contributed by atoms with Crippen LogP contribution in [0.4, 0.5) is 0 Å². The molecule has 2 rings (SSSR count). The first-order chi connectivity index (χ1) is 12.6. The third kappa shape index (κ3) is 4.96. The van der Waals surface area contributed by atoms with E-state index in [4.69, 9.17) is 0 Å². The number of carbonyl (C=O) groups is 2. The van der Waals surface area contributed by atoms with Gasteiger partial charge in [-0.15, -0.1) is 0 Å². The number of nitrogens with one attached hydrogen (secondary N) is 1. The minimum Gasteiger partial charge on any atom is -0.348 e. The first-order valence-electron chi connectivity index (χ1n) is 9.97. The summed E-state index contributed by atoms with van der Waals surface area (Å²) in [7, 11) is 0. The maximum Gasteiger partial charge on any atom is 0.259 e. The quantitative estimate of drug-likeness (QED) is 0.678. The Labute approximate surface area is 157 Å². The summed E-state index contributed by atoms with van der Waals surface area (Å²) in [6, 6.07) is 10.00. The zero-order valence-corrected chi connectivity index (χ0v) is 16.3. The SMILES string of the molecule is CCCCN1C(=O)C(C(=O)NCc2ccccc2)=CC(CC)C1CCC. The summed E-state index contributed by atoms with van der Waals surface area (Å²) in [5.41, 5.74) is 1.35. The molecule has 0 aromatic heterocycles. The molecule has 1 aromatic rings. The smallest absolute Gasteiger partial charge is 0.259 e. The lowest BCUT2D eigenvalue weighted by atomic mass is 9.85. The number of nitrogens with zero attached hydrogens (tertiary/aromatic N) is 1. The van der Waals surface area contributed by atoms with E-state index in [2.05, 4.69) is 26.1 Å². The van der Waals surface area contributed by atoms with E-state index in [9.17, 15) is 9.59 Å². The first-order valence-corrected chi connectivity index (χ1v) is 9.97.